The summed E-state index contributed by atoms with van der Waals surface area (Å²) in [4.78, 5) is 84.8. The highest BCUT2D eigenvalue weighted by atomic mass is 33.1. The number of hydrogen-bond acceptors (Lipinski definition) is 22. The summed E-state index contributed by atoms with van der Waals surface area (Å²) in [5, 5.41) is 11.5. The minimum Gasteiger partial charge on any atom is -0.455 e. The second-order valence-electron chi connectivity index (χ2n) is 13.3. The Morgan fingerprint density at radius 2 is 1.80 bits per heavy atom. The van der Waals surface area contributed by atoms with Crippen LogP contribution in [0.5, 0.6) is 5.75 Å². The van der Waals surface area contributed by atoms with Crippen molar-refractivity contribution < 1.29 is 71.0 Å². The molecule has 4 aromatic rings. The molecule has 25 nitrogen and oxygen atoms in total. The number of aryl methyl sites for hydroxylation is 1. The van der Waals surface area contributed by atoms with E-state index in [2.05, 4.69) is 24.5 Å². The second kappa shape index (κ2) is 19.6. The van der Waals surface area contributed by atoms with Crippen LogP contribution in [0.1, 0.15) is 37.8 Å². The number of imidazole rings is 1. The average Bonchev–Trinajstić information content (AvgIpc) is 3.88. The van der Waals surface area contributed by atoms with Gasteiger partial charge in [0.2, 0.25) is 0 Å². The van der Waals surface area contributed by atoms with Gasteiger partial charge in [-0.05, 0) is 24.6 Å². The van der Waals surface area contributed by atoms with Gasteiger partial charge >= 0.3 is 33.3 Å². The quantitative estimate of drug-likeness (QED) is 0.0312. The molecule has 10 N–H and O–H groups in total. The highest BCUT2D eigenvalue weighted by Gasteiger charge is 2.50. The molecule has 2 saturated heterocycles. The standard InChI is InChI=1S/C32H41N9O16P2S2/c1-3-60-61-20-6-4-5-15(2)26(20)55-23(42)9-16(33)31(44)56-27-19(54-30(25(27)43)41-14-38-24-28(35)36-13-37-29(24)41)12-52-59(49,50)57-17-10-22(40-8-7-21(34)39-32(40)45)53-18(17)11-51-58(46,47)48/h4-8,13-14,16-19,22,25,27,30,43H,3,9-12,33H2,1-2H3,(H,49,50)(H2,34,39,45)(H2,35,36,37)(H2,46,47,48)/t16-,17?,18+,19+,22+,25+,27+,30?/m0/s1. The zero-order valence-electron chi connectivity index (χ0n) is 32.0. The number of anilines is 2. The van der Waals surface area contributed by atoms with E-state index in [9.17, 15) is 43.3 Å². The molecule has 0 spiro atoms. The third kappa shape index (κ3) is 11.5. The van der Waals surface area contributed by atoms with Crippen molar-refractivity contribution in [2.75, 3.05) is 30.4 Å². The van der Waals surface area contributed by atoms with E-state index in [0.717, 1.165) is 16.6 Å². The Morgan fingerprint density at radius 1 is 1.05 bits per heavy atom. The predicted molar refractivity (Wildman–Crippen MR) is 213 cm³/mol. The molecule has 29 heteroatoms. The minimum absolute atomic E-state index is 0.00369. The van der Waals surface area contributed by atoms with Gasteiger partial charge < -0.3 is 55.9 Å². The summed E-state index contributed by atoms with van der Waals surface area (Å²) in [7, 11) is -7.37. The number of nitrogens with two attached hydrogens (primary N) is 3. The number of phosphoric ester groups is 2. The number of aliphatic hydroxyl groups excluding tert-OH is 1. The Kier molecular flexibility index (Phi) is 14.9. The lowest BCUT2D eigenvalue weighted by molar-refractivity contribution is -0.160. The van der Waals surface area contributed by atoms with E-state index in [1.807, 2.05) is 6.92 Å². The van der Waals surface area contributed by atoms with E-state index in [1.54, 1.807) is 25.1 Å². The van der Waals surface area contributed by atoms with Gasteiger partial charge in [0.05, 0.1) is 30.9 Å². The molecule has 0 bridgehead atoms. The number of carbonyl (C=O) groups is 2. The summed E-state index contributed by atoms with van der Waals surface area (Å²) in [6.07, 6.45) is -8.03. The molecule has 9 atom stereocenters. The number of fused-ring (bicyclic) bond motifs is 1. The topological polar surface area (TPSA) is 370 Å². The molecule has 5 heterocycles. The summed E-state index contributed by atoms with van der Waals surface area (Å²) in [5.41, 5.74) is 17.6. The van der Waals surface area contributed by atoms with Crippen LogP contribution in [-0.4, -0.2) is 116 Å². The van der Waals surface area contributed by atoms with Gasteiger partial charge in [-0.3, -0.25) is 32.3 Å². The fourth-order valence-electron chi connectivity index (χ4n) is 6.19. The first-order valence-electron chi connectivity index (χ1n) is 18.0. The van der Waals surface area contributed by atoms with E-state index in [-0.39, 0.29) is 29.2 Å². The number of ether oxygens (including phenoxy) is 4. The van der Waals surface area contributed by atoms with Gasteiger partial charge in [-0.15, -0.1) is 0 Å². The lowest BCUT2D eigenvalue weighted by Crippen LogP contribution is -2.44. The Hall–Kier alpha value is -4.05. The smallest absolute Gasteiger partial charge is 0.455 e. The van der Waals surface area contributed by atoms with Gasteiger partial charge in [0.1, 0.15) is 60.1 Å². The van der Waals surface area contributed by atoms with Crippen molar-refractivity contribution in [3.8, 4) is 5.75 Å². The SMILES string of the molecule is CCSSc1cccc(C)c1OC(=O)C[C@H](N)C(=O)O[C@@H]1[C@@H](COP(=O)(O)OC2C[C@H](n3ccc(N)nc3=O)O[C@@H]2COP(=O)(O)O)OC(n2cnc3c(N)ncnc32)[C@@H]1O. The first-order chi connectivity index (χ1) is 28.8. The molecular formula is C32H41N9O16P2S2. The molecule has 1 aromatic carbocycles. The normalized spacial score (nSPS) is 24.4. The number of hydrogen-bond donors (Lipinski definition) is 7. The third-order valence-corrected chi connectivity index (χ3v) is 12.9. The van der Waals surface area contributed by atoms with E-state index in [4.69, 9.17) is 45.2 Å². The number of rotatable bonds is 18. The molecule has 6 rings (SSSR count). The molecule has 2 fully saturated rings. The molecule has 2 aliphatic heterocycles. The first kappa shape index (κ1) is 46.5. The fraction of sp³-hybridized carbons (Fsp3) is 0.469. The summed E-state index contributed by atoms with van der Waals surface area (Å²) < 4.78 is 65.2. The number of carbonyl (C=O) groups excluding carboxylic acids is 2. The molecule has 61 heavy (non-hydrogen) atoms. The van der Waals surface area contributed by atoms with Gasteiger partial charge in [-0.1, -0.05) is 40.6 Å². The number of esters is 2. The van der Waals surface area contributed by atoms with Crippen LogP contribution in [0.2, 0.25) is 0 Å². The minimum atomic E-state index is -5.23. The van der Waals surface area contributed by atoms with Gasteiger partial charge in [0, 0.05) is 18.4 Å². The van der Waals surface area contributed by atoms with Gasteiger partial charge in [-0.25, -0.2) is 28.9 Å². The van der Waals surface area contributed by atoms with Gasteiger partial charge in [-0.2, -0.15) is 4.98 Å². The molecule has 332 valence electrons. The number of aliphatic hydroxyl groups is 1. The summed E-state index contributed by atoms with van der Waals surface area (Å²) in [6.45, 7) is 1.94. The molecule has 0 amide bonds. The molecule has 3 unspecified atom stereocenters. The number of nitrogen functional groups attached to an aromatic ring is 2. The maximum absolute atomic E-state index is 13.5. The Labute approximate surface area is 352 Å². The van der Waals surface area contributed by atoms with Crippen molar-refractivity contribution in [3.05, 3.63) is 59.2 Å². The Balaban J connectivity index is 1.18. The van der Waals surface area contributed by atoms with Crippen LogP contribution in [-0.2, 0) is 46.5 Å². The van der Waals surface area contributed by atoms with Crippen LogP contribution in [0.15, 0.2) is 52.8 Å². The third-order valence-electron chi connectivity index (χ3n) is 8.99. The average molecular weight is 934 g/mol. The molecule has 0 saturated carbocycles. The Bertz CT molecular complexity index is 2390. The molecule has 0 radical (unpaired) electrons. The van der Waals surface area contributed by atoms with Crippen LogP contribution >= 0.6 is 37.2 Å². The zero-order valence-corrected chi connectivity index (χ0v) is 35.4. The first-order valence-corrected chi connectivity index (χ1v) is 23.4. The van der Waals surface area contributed by atoms with E-state index < -0.39 is 102 Å². The summed E-state index contributed by atoms with van der Waals surface area (Å²) in [6, 6.07) is 4.98. The van der Waals surface area contributed by atoms with Crippen molar-refractivity contribution in [2.45, 2.75) is 80.6 Å². The monoisotopic (exact) mass is 933 g/mol. The van der Waals surface area contributed by atoms with E-state index in [1.165, 1.54) is 44.7 Å². The molecule has 0 aliphatic carbocycles. The maximum Gasteiger partial charge on any atom is 0.472 e. The summed E-state index contributed by atoms with van der Waals surface area (Å²) >= 11 is 0. The van der Waals surface area contributed by atoms with Gasteiger partial charge in [0.25, 0.3) is 0 Å². The second-order valence-corrected chi connectivity index (χ2v) is 18.6. The molecular weight excluding hydrogens is 892 g/mol. The number of phosphoric acid groups is 2. The molecule has 3 aromatic heterocycles. The lowest BCUT2D eigenvalue weighted by Gasteiger charge is -2.24. The lowest BCUT2D eigenvalue weighted by atomic mass is 10.1. The predicted octanol–water partition coefficient (Wildman–Crippen LogP) is 0.708. The maximum atomic E-state index is 13.5. The largest absolute Gasteiger partial charge is 0.472 e. The van der Waals surface area contributed by atoms with Crippen molar-refractivity contribution in [1.29, 1.82) is 0 Å². The van der Waals surface area contributed by atoms with Crippen LogP contribution in [0, 0.1) is 6.92 Å². The number of para-hydroxylation sites is 1. The number of nitrogens with zero attached hydrogens (tertiary/aromatic N) is 6. The van der Waals surface area contributed by atoms with Crippen LogP contribution in [0.3, 0.4) is 0 Å². The van der Waals surface area contributed by atoms with Crippen molar-refractivity contribution in [3.63, 3.8) is 0 Å². The highest BCUT2D eigenvalue weighted by Crippen LogP contribution is 2.50. The number of benzene rings is 1. The highest BCUT2D eigenvalue weighted by molar-refractivity contribution is 8.76. The van der Waals surface area contributed by atoms with Gasteiger partial charge in [0.15, 0.2) is 23.8 Å². The van der Waals surface area contributed by atoms with Crippen molar-refractivity contribution in [2.24, 2.45) is 5.73 Å². The number of aromatic nitrogens is 6. The van der Waals surface area contributed by atoms with E-state index >= 15 is 0 Å². The zero-order chi connectivity index (χ0) is 44.2. The Morgan fingerprint density at radius 3 is 2.52 bits per heavy atom. The van der Waals surface area contributed by atoms with Crippen molar-refractivity contribution in [1.82, 2.24) is 29.1 Å². The van der Waals surface area contributed by atoms with Crippen molar-refractivity contribution >= 4 is 72.0 Å². The molecule has 2 aliphatic rings. The van der Waals surface area contributed by atoms with E-state index in [0.29, 0.717) is 16.2 Å². The fourth-order valence-corrected chi connectivity index (χ4v) is 9.27. The van der Waals surface area contributed by atoms with Crippen LogP contribution < -0.4 is 27.6 Å². The van der Waals surface area contributed by atoms with Crippen LogP contribution in [0.4, 0.5) is 11.6 Å². The summed E-state index contributed by atoms with van der Waals surface area (Å²) in [5.74, 6) is -1.07. The van der Waals surface area contributed by atoms with Crippen LogP contribution in [0.25, 0.3) is 11.2 Å².